The highest BCUT2D eigenvalue weighted by molar-refractivity contribution is 7.10. The molecule has 0 bridgehead atoms. The molecule has 2 heterocycles. The summed E-state index contributed by atoms with van der Waals surface area (Å²) in [7, 11) is 0. The Morgan fingerprint density at radius 3 is 2.78 bits per heavy atom. The summed E-state index contributed by atoms with van der Waals surface area (Å²) in [4.78, 5) is 15.2. The van der Waals surface area contributed by atoms with Crippen LogP contribution in [0.5, 0.6) is 0 Å². The number of amides is 1. The van der Waals surface area contributed by atoms with Crippen LogP contribution >= 0.6 is 11.3 Å². The monoisotopic (exact) mass is 329 g/mol. The molecule has 1 fully saturated rings. The summed E-state index contributed by atoms with van der Waals surface area (Å²) < 4.78 is 0. The lowest BCUT2D eigenvalue weighted by atomic mass is 10.0. The molecule has 2 N–H and O–H groups in total. The van der Waals surface area contributed by atoms with Crippen LogP contribution < -0.4 is 10.2 Å². The molecule has 1 aliphatic heterocycles. The van der Waals surface area contributed by atoms with Gasteiger partial charge in [-0.2, -0.15) is 0 Å². The first-order chi connectivity index (χ1) is 11.2. The van der Waals surface area contributed by atoms with E-state index < -0.39 is 0 Å². The van der Waals surface area contributed by atoms with Gasteiger partial charge in [0, 0.05) is 4.88 Å². The van der Waals surface area contributed by atoms with Crippen LogP contribution in [-0.2, 0) is 4.79 Å². The Labute approximate surface area is 142 Å². The van der Waals surface area contributed by atoms with Crippen LogP contribution in [0.25, 0.3) is 0 Å². The van der Waals surface area contributed by atoms with Gasteiger partial charge in [0.25, 0.3) is 5.91 Å². The van der Waals surface area contributed by atoms with Crippen LogP contribution in [0.4, 0.5) is 0 Å². The van der Waals surface area contributed by atoms with Gasteiger partial charge < -0.3 is 10.2 Å². The zero-order chi connectivity index (χ0) is 16.1. The Hall–Kier alpha value is -1.65. The van der Waals surface area contributed by atoms with Crippen molar-refractivity contribution < 1.29 is 9.69 Å². The quantitative estimate of drug-likeness (QED) is 0.868. The normalized spacial score (nSPS) is 22.5. The summed E-state index contributed by atoms with van der Waals surface area (Å²) in [6, 6.07) is 14.9. The predicted molar refractivity (Wildman–Crippen MR) is 94.8 cm³/mol. The molecule has 0 saturated carbocycles. The van der Waals surface area contributed by atoms with Gasteiger partial charge in [-0.25, -0.2) is 0 Å². The molecule has 122 valence electrons. The van der Waals surface area contributed by atoms with Crippen LogP contribution in [0.2, 0.25) is 0 Å². The summed E-state index contributed by atoms with van der Waals surface area (Å²) >= 11 is 1.69. The Morgan fingerprint density at radius 1 is 1.26 bits per heavy atom. The average molecular weight is 329 g/mol. The summed E-state index contributed by atoms with van der Waals surface area (Å²) in [6.07, 6.45) is 3.77. The third-order valence-electron chi connectivity index (χ3n) is 4.74. The lowest BCUT2D eigenvalue weighted by molar-refractivity contribution is -0.921. The molecule has 1 aromatic heterocycles. The van der Waals surface area contributed by atoms with Crippen LogP contribution in [0.3, 0.4) is 0 Å². The molecule has 23 heavy (non-hydrogen) atoms. The van der Waals surface area contributed by atoms with Crippen LogP contribution in [0.15, 0.2) is 47.8 Å². The van der Waals surface area contributed by atoms with Crippen molar-refractivity contribution in [2.45, 2.75) is 38.3 Å². The van der Waals surface area contributed by atoms with E-state index in [0.29, 0.717) is 12.6 Å². The fraction of sp³-hybridized carbons (Fsp3) is 0.421. The molecule has 1 unspecified atom stereocenters. The van der Waals surface area contributed by atoms with Gasteiger partial charge in [0.2, 0.25) is 0 Å². The fourth-order valence-corrected chi connectivity index (χ4v) is 4.16. The Bertz CT molecular complexity index is 612. The summed E-state index contributed by atoms with van der Waals surface area (Å²) in [5.74, 6) is 0.149. The summed E-state index contributed by atoms with van der Waals surface area (Å²) in [5.41, 5.74) is 1.14. The van der Waals surface area contributed by atoms with Gasteiger partial charge in [0.15, 0.2) is 6.54 Å². The second kappa shape index (κ2) is 7.75. The van der Waals surface area contributed by atoms with E-state index in [-0.39, 0.29) is 11.9 Å². The first-order valence-electron chi connectivity index (χ1n) is 8.46. The van der Waals surface area contributed by atoms with Gasteiger partial charge in [-0.05, 0) is 43.2 Å². The second-order valence-electron chi connectivity index (χ2n) is 6.41. The van der Waals surface area contributed by atoms with Crippen molar-refractivity contribution in [3.63, 3.8) is 0 Å². The molecule has 0 spiro atoms. The van der Waals surface area contributed by atoms with Gasteiger partial charge in [-0.1, -0.05) is 36.4 Å². The number of quaternary nitrogens is 1. The van der Waals surface area contributed by atoms with E-state index in [2.05, 4.69) is 35.8 Å². The average Bonchev–Trinajstić information content (AvgIpc) is 3.10. The van der Waals surface area contributed by atoms with E-state index >= 15 is 0 Å². The van der Waals surface area contributed by atoms with Crippen molar-refractivity contribution in [2.75, 3.05) is 13.1 Å². The fourth-order valence-electron chi connectivity index (χ4n) is 3.35. The minimum Gasteiger partial charge on any atom is -0.339 e. The van der Waals surface area contributed by atoms with Crippen molar-refractivity contribution in [1.29, 1.82) is 0 Å². The summed E-state index contributed by atoms with van der Waals surface area (Å²) in [5, 5.41) is 5.32. The molecule has 1 aliphatic rings. The molecular weight excluding hydrogens is 304 g/mol. The third kappa shape index (κ3) is 4.21. The topological polar surface area (TPSA) is 33.5 Å². The number of likely N-dealkylation sites (tertiary alicyclic amines) is 1. The first-order valence-corrected chi connectivity index (χ1v) is 9.34. The molecule has 0 radical (unpaired) electrons. The number of rotatable bonds is 5. The highest BCUT2D eigenvalue weighted by Gasteiger charge is 2.26. The van der Waals surface area contributed by atoms with Gasteiger partial charge in [-0.3, -0.25) is 4.79 Å². The SMILES string of the molecule is C[C@@H]1CCCC[NH+]1CC(=O)N[C@@H](c1ccccc1)c1cccs1. The first kappa shape index (κ1) is 16.2. The molecule has 1 amide bonds. The Balaban J connectivity index is 1.70. The molecule has 3 atom stereocenters. The number of piperidine rings is 1. The van der Waals surface area contributed by atoms with Crippen molar-refractivity contribution in [3.8, 4) is 0 Å². The zero-order valence-corrected chi connectivity index (χ0v) is 14.4. The molecule has 4 heteroatoms. The Morgan fingerprint density at radius 2 is 2.09 bits per heavy atom. The zero-order valence-electron chi connectivity index (χ0n) is 13.6. The van der Waals surface area contributed by atoms with Crippen molar-refractivity contribution in [1.82, 2.24) is 5.32 Å². The number of carbonyl (C=O) groups is 1. The Kier molecular flexibility index (Phi) is 5.47. The number of carbonyl (C=O) groups excluding carboxylic acids is 1. The maximum atomic E-state index is 12.6. The molecule has 3 rings (SSSR count). The van der Waals surface area contributed by atoms with Crippen molar-refractivity contribution in [2.24, 2.45) is 0 Å². The smallest absolute Gasteiger partial charge is 0.275 e. The largest absolute Gasteiger partial charge is 0.339 e. The van der Waals surface area contributed by atoms with E-state index in [4.69, 9.17) is 0 Å². The second-order valence-corrected chi connectivity index (χ2v) is 7.39. The van der Waals surface area contributed by atoms with E-state index in [9.17, 15) is 4.79 Å². The molecule has 1 saturated heterocycles. The minimum absolute atomic E-state index is 0.0387. The molecule has 2 aromatic rings. The van der Waals surface area contributed by atoms with Crippen LogP contribution in [0.1, 0.15) is 42.7 Å². The van der Waals surface area contributed by atoms with Gasteiger partial charge in [0.1, 0.15) is 0 Å². The van der Waals surface area contributed by atoms with Crippen LogP contribution in [-0.4, -0.2) is 25.0 Å². The van der Waals surface area contributed by atoms with Gasteiger partial charge >= 0.3 is 0 Å². The number of nitrogens with one attached hydrogen (secondary N) is 2. The molecular formula is C19H25N2OS+. The highest BCUT2D eigenvalue weighted by Crippen LogP contribution is 2.25. The number of thiophene rings is 1. The maximum absolute atomic E-state index is 12.6. The number of benzene rings is 1. The lowest BCUT2D eigenvalue weighted by Crippen LogP contribution is -3.17. The lowest BCUT2D eigenvalue weighted by Gasteiger charge is -2.30. The van der Waals surface area contributed by atoms with E-state index in [1.165, 1.54) is 29.0 Å². The van der Waals surface area contributed by atoms with E-state index in [1.54, 1.807) is 11.3 Å². The van der Waals surface area contributed by atoms with Gasteiger partial charge in [0.05, 0.1) is 18.6 Å². The molecule has 0 aliphatic carbocycles. The van der Waals surface area contributed by atoms with E-state index in [1.807, 2.05) is 24.3 Å². The number of hydrogen-bond acceptors (Lipinski definition) is 2. The minimum atomic E-state index is -0.0387. The van der Waals surface area contributed by atoms with Gasteiger partial charge in [-0.15, -0.1) is 11.3 Å². The maximum Gasteiger partial charge on any atom is 0.275 e. The standard InChI is InChI=1S/C19H24N2OS/c1-15-8-5-6-12-21(15)14-18(22)20-19(17-11-7-13-23-17)16-9-3-2-4-10-16/h2-4,7,9-11,13,15,19H,5-6,8,12,14H2,1H3,(H,20,22)/p+1/t15-,19+/m1/s1. The number of hydrogen-bond donors (Lipinski definition) is 2. The van der Waals surface area contributed by atoms with E-state index in [0.717, 1.165) is 12.1 Å². The predicted octanol–water partition coefficient (Wildman–Crippen LogP) is 2.41. The highest BCUT2D eigenvalue weighted by atomic mass is 32.1. The van der Waals surface area contributed by atoms with Crippen LogP contribution in [0, 0.1) is 0 Å². The molecule has 1 aromatic carbocycles. The summed E-state index contributed by atoms with van der Waals surface area (Å²) in [6.45, 7) is 3.95. The third-order valence-corrected chi connectivity index (χ3v) is 5.67. The van der Waals surface area contributed by atoms with Crippen molar-refractivity contribution >= 4 is 17.2 Å². The van der Waals surface area contributed by atoms with Crippen molar-refractivity contribution in [3.05, 3.63) is 58.3 Å². The molecule has 3 nitrogen and oxygen atoms in total.